The Balaban J connectivity index is 1.38. The number of ketones is 2. The number of phenolic OH excluding ortho intramolecular Hbond substituents is 1. The Morgan fingerprint density at radius 1 is 0.868 bits per heavy atom. The molecule has 0 spiro atoms. The van der Waals surface area contributed by atoms with Crippen LogP contribution in [0.15, 0.2) is 118 Å². The molecule has 3 aliphatic carbocycles. The summed E-state index contributed by atoms with van der Waals surface area (Å²) in [6.45, 7) is 0. The number of hydrogen-bond acceptors (Lipinski definition) is 7. The van der Waals surface area contributed by atoms with Crippen molar-refractivity contribution in [3.05, 3.63) is 140 Å². The molecule has 0 aromatic heterocycles. The van der Waals surface area contributed by atoms with E-state index in [1.807, 2.05) is 42.5 Å². The molecular formula is C42H31Br2NO8. The number of aromatic carboxylic acids is 1. The van der Waals surface area contributed by atoms with Crippen LogP contribution in [-0.4, -0.2) is 46.7 Å². The highest BCUT2D eigenvalue weighted by Gasteiger charge is 2.66. The van der Waals surface area contributed by atoms with E-state index in [2.05, 4.69) is 31.9 Å². The molecule has 9 nitrogen and oxygen atoms in total. The lowest BCUT2D eigenvalue weighted by Crippen LogP contribution is -2.59. The minimum atomic E-state index is -1.49. The number of carbonyl (C=O) groups excluding carboxylic acids is 4. The molecule has 4 aliphatic rings. The molecule has 2 N–H and O–H groups in total. The number of amides is 2. The molecule has 6 atom stereocenters. The molecule has 6 unspecified atom stereocenters. The zero-order chi connectivity index (χ0) is 37.3. The third-order valence-electron chi connectivity index (χ3n) is 11.4. The van der Waals surface area contributed by atoms with E-state index in [-0.39, 0.29) is 57.2 Å². The standard InChI is InChI=1S/C42H31Br2NO8/c1-53-31-19-29(35(43)36(44)38(31)48)34-25-15-16-26-33(40(50)45(39(26)49)24-14-8-11-22(17-24)41(51)52)28(25)18-30-37(47)27(21-9-4-2-5-10-21)20-32(46)42(30,34)23-12-6-3-7-13-23/h2-15,17,19-20,26,28,30,33-34,48H,16,18H2,1H3,(H,51,52). The molecule has 2 amide bonds. The molecule has 266 valence electrons. The van der Waals surface area contributed by atoms with Gasteiger partial charge in [0, 0.05) is 21.9 Å². The molecular weight excluding hydrogens is 806 g/mol. The van der Waals surface area contributed by atoms with Crippen molar-refractivity contribution in [3.63, 3.8) is 0 Å². The van der Waals surface area contributed by atoms with Crippen molar-refractivity contribution in [2.75, 3.05) is 12.0 Å². The second-order valence-electron chi connectivity index (χ2n) is 13.8. The minimum Gasteiger partial charge on any atom is -0.503 e. The fourth-order valence-corrected chi connectivity index (χ4v) is 10.2. The Kier molecular flexibility index (Phi) is 8.61. The maximum atomic E-state index is 15.3. The molecule has 11 heteroatoms. The lowest BCUT2D eigenvalue weighted by Gasteiger charge is -2.55. The van der Waals surface area contributed by atoms with Crippen molar-refractivity contribution >= 4 is 72.5 Å². The highest BCUT2D eigenvalue weighted by Crippen LogP contribution is 2.65. The van der Waals surface area contributed by atoms with Crippen molar-refractivity contribution in [1.29, 1.82) is 0 Å². The number of allylic oxidation sites excluding steroid dienone is 4. The molecule has 1 aliphatic heterocycles. The van der Waals surface area contributed by atoms with Crippen LogP contribution in [0.2, 0.25) is 0 Å². The third-order valence-corrected chi connectivity index (χ3v) is 13.6. The fourth-order valence-electron chi connectivity index (χ4n) is 9.23. The number of nitrogens with zero attached hydrogens (tertiary/aromatic N) is 1. The van der Waals surface area contributed by atoms with Crippen LogP contribution in [0.1, 0.15) is 45.8 Å². The summed E-state index contributed by atoms with van der Waals surface area (Å²) in [5.41, 5.74) is 1.38. The van der Waals surface area contributed by atoms with Gasteiger partial charge in [0.05, 0.1) is 40.1 Å². The van der Waals surface area contributed by atoms with Gasteiger partial charge >= 0.3 is 5.97 Å². The van der Waals surface area contributed by atoms with E-state index < -0.39 is 52.8 Å². The summed E-state index contributed by atoms with van der Waals surface area (Å²) in [4.78, 5) is 72.1. The normalized spacial score (nSPS) is 26.3. The quantitative estimate of drug-likeness (QED) is 0.149. The van der Waals surface area contributed by atoms with Gasteiger partial charge in [0.2, 0.25) is 11.8 Å². The largest absolute Gasteiger partial charge is 0.503 e. The molecule has 1 saturated carbocycles. The number of rotatable bonds is 6. The maximum Gasteiger partial charge on any atom is 0.335 e. The average Bonchev–Trinajstić information content (AvgIpc) is 3.44. The van der Waals surface area contributed by atoms with Gasteiger partial charge in [-0.2, -0.15) is 0 Å². The van der Waals surface area contributed by atoms with Gasteiger partial charge in [-0.25, -0.2) is 4.79 Å². The van der Waals surface area contributed by atoms with Crippen molar-refractivity contribution in [1.82, 2.24) is 0 Å². The number of phenols is 1. The first-order chi connectivity index (χ1) is 25.5. The third kappa shape index (κ3) is 5.11. The second-order valence-corrected chi connectivity index (χ2v) is 15.4. The van der Waals surface area contributed by atoms with Gasteiger partial charge < -0.3 is 14.9 Å². The number of carboxylic acid groups (broad SMARTS) is 1. The van der Waals surface area contributed by atoms with Gasteiger partial charge in [-0.3, -0.25) is 24.1 Å². The number of halogens is 2. The first kappa shape index (κ1) is 34.9. The average molecular weight is 838 g/mol. The summed E-state index contributed by atoms with van der Waals surface area (Å²) in [5, 5.41) is 20.7. The predicted molar refractivity (Wildman–Crippen MR) is 203 cm³/mol. The summed E-state index contributed by atoms with van der Waals surface area (Å²) in [6.07, 6.45) is 3.67. The molecule has 53 heavy (non-hydrogen) atoms. The van der Waals surface area contributed by atoms with Crippen LogP contribution in [0, 0.1) is 23.7 Å². The minimum absolute atomic E-state index is 0.0644. The molecule has 0 bridgehead atoms. The predicted octanol–water partition coefficient (Wildman–Crippen LogP) is 7.65. The van der Waals surface area contributed by atoms with Gasteiger partial charge in [0.1, 0.15) is 0 Å². The highest BCUT2D eigenvalue weighted by atomic mass is 79.9. The van der Waals surface area contributed by atoms with Gasteiger partial charge in [-0.15, -0.1) is 0 Å². The Morgan fingerprint density at radius 3 is 2.25 bits per heavy atom. The fraction of sp³-hybridized carbons (Fsp3) is 0.214. The molecule has 1 heterocycles. The SMILES string of the molecule is COc1cc(C2C3=CCC4C(=O)N(c5cccc(C(=O)O)c5)C(=O)C4C3CC3C(=O)C(c4ccccc4)=CC(=O)C32c2ccccc2)c(Br)c(Br)c1O. The summed E-state index contributed by atoms with van der Waals surface area (Å²) >= 11 is 7.21. The van der Waals surface area contributed by atoms with Crippen LogP contribution >= 0.6 is 31.9 Å². The summed E-state index contributed by atoms with van der Waals surface area (Å²) in [5.74, 6) is -6.81. The van der Waals surface area contributed by atoms with Crippen LogP contribution in [0.3, 0.4) is 0 Å². The molecule has 2 fully saturated rings. The number of methoxy groups -OCH3 is 1. The van der Waals surface area contributed by atoms with Gasteiger partial charge in [0.25, 0.3) is 0 Å². The van der Waals surface area contributed by atoms with Crippen molar-refractivity contribution in [2.24, 2.45) is 23.7 Å². The monoisotopic (exact) mass is 835 g/mol. The number of carbonyl (C=O) groups is 5. The van der Waals surface area contributed by atoms with E-state index in [4.69, 9.17) is 4.74 Å². The number of ether oxygens (including phenoxy) is 1. The van der Waals surface area contributed by atoms with Crippen LogP contribution < -0.4 is 9.64 Å². The second kappa shape index (κ2) is 13.1. The summed E-state index contributed by atoms with van der Waals surface area (Å²) in [6, 6.07) is 25.6. The van der Waals surface area contributed by atoms with E-state index in [9.17, 15) is 24.6 Å². The van der Waals surface area contributed by atoms with Gasteiger partial charge in [-0.1, -0.05) is 78.4 Å². The van der Waals surface area contributed by atoms with Gasteiger partial charge in [0.15, 0.2) is 23.1 Å². The Morgan fingerprint density at radius 2 is 1.57 bits per heavy atom. The summed E-state index contributed by atoms with van der Waals surface area (Å²) in [7, 11) is 1.42. The topological polar surface area (TPSA) is 138 Å². The molecule has 0 radical (unpaired) electrons. The smallest absolute Gasteiger partial charge is 0.335 e. The van der Waals surface area contributed by atoms with Crippen LogP contribution in [0.25, 0.3) is 5.57 Å². The highest BCUT2D eigenvalue weighted by molar-refractivity contribution is 9.13. The Labute approximate surface area is 321 Å². The molecule has 8 rings (SSSR count). The van der Waals surface area contributed by atoms with E-state index in [0.29, 0.717) is 21.2 Å². The number of anilines is 1. The van der Waals surface area contributed by atoms with Crippen LogP contribution in [0.5, 0.6) is 11.5 Å². The number of hydrogen-bond donors (Lipinski definition) is 2. The zero-order valence-electron chi connectivity index (χ0n) is 28.2. The number of aromatic hydroxyl groups is 1. The molecule has 1 saturated heterocycles. The van der Waals surface area contributed by atoms with Crippen molar-refractivity contribution in [3.8, 4) is 11.5 Å². The van der Waals surface area contributed by atoms with Gasteiger partial charge in [-0.05, 0) is 97.7 Å². The van der Waals surface area contributed by atoms with E-state index in [1.54, 1.807) is 30.3 Å². The van der Waals surface area contributed by atoms with E-state index >= 15 is 9.59 Å². The first-order valence-corrected chi connectivity index (χ1v) is 18.7. The Hall–Kier alpha value is -5.13. The van der Waals surface area contributed by atoms with Crippen LogP contribution in [-0.2, 0) is 24.6 Å². The number of Topliss-reactive ketones (excluding diaryl/α,β-unsaturated/α-hetero) is 1. The lowest BCUT2D eigenvalue weighted by molar-refractivity contribution is -0.135. The zero-order valence-corrected chi connectivity index (χ0v) is 31.3. The van der Waals surface area contributed by atoms with E-state index in [0.717, 1.165) is 10.5 Å². The van der Waals surface area contributed by atoms with Crippen molar-refractivity contribution < 1.29 is 38.9 Å². The number of imide groups is 1. The van der Waals surface area contributed by atoms with Crippen LogP contribution in [0.4, 0.5) is 5.69 Å². The Bertz CT molecular complexity index is 2320. The summed E-state index contributed by atoms with van der Waals surface area (Å²) < 4.78 is 6.33. The first-order valence-electron chi connectivity index (χ1n) is 17.1. The molecule has 4 aromatic carbocycles. The van der Waals surface area contributed by atoms with E-state index in [1.165, 1.54) is 37.5 Å². The molecule has 4 aromatic rings. The number of fused-ring (bicyclic) bond motifs is 4. The van der Waals surface area contributed by atoms with Crippen molar-refractivity contribution in [2.45, 2.75) is 24.2 Å². The number of carboxylic acids is 1. The lowest BCUT2D eigenvalue weighted by atomic mass is 9.44. The number of benzene rings is 4. The maximum absolute atomic E-state index is 15.3.